The van der Waals surface area contributed by atoms with E-state index in [0.29, 0.717) is 6.42 Å². The standard InChI is InChI=1S/C5H11NO2.C5H10O2/c1-3-5(2,6)4(7)8;1-3-4(2)5(6)7/h3,6H2,1-2H3,(H,7,8);4H,3H2,1-2H3,(H,6,7). The van der Waals surface area contributed by atoms with Crippen LogP contribution in [0.15, 0.2) is 0 Å². The Bertz CT molecular complexity index is 213. The van der Waals surface area contributed by atoms with E-state index in [1.807, 2.05) is 6.92 Å². The van der Waals surface area contributed by atoms with Gasteiger partial charge in [-0.15, -0.1) is 0 Å². The lowest BCUT2D eigenvalue weighted by Gasteiger charge is -2.14. The van der Waals surface area contributed by atoms with Crippen LogP contribution in [-0.2, 0) is 9.59 Å². The van der Waals surface area contributed by atoms with Gasteiger partial charge < -0.3 is 15.9 Å². The van der Waals surface area contributed by atoms with Crippen LogP contribution in [0.1, 0.15) is 40.5 Å². The average Bonchev–Trinajstić information content (AvgIpc) is 2.17. The van der Waals surface area contributed by atoms with Crippen molar-refractivity contribution in [1.29, 1.82) is 0 Å². The van der Waals surface area contributed by atoms with E-state index in [9.17, 15) is 9.59 Å². The van der Waals surface area contributed by atoms with Crippen LogP contribution in [0.5, 0.6) is 0 Å². The van der Waals surface area contributed by atoms with Crippen LogP contribution in [0.3, 0.4) is 0 Å². The molecule has 0 saturated carbocycles. The van der Waals surface area contributed by atoms with Gasteiger partial charge >= 0.3 is 11.9 Å². The molecule has 5 nitrogen and oxygen atoms in total. The van der Waals surface area contributed by atoms with Gasteiger partial charge in [-0.3, -0.25) is 9.59 Å². The van der Waals surface area contributed by atoms with E-state index in [1.54, 1.807) is 13.8 Å². The highest BCUT2D eigenvalue weighted by atomic mass is 16.4. The molecule has 0 aliphatic carbocycles. The van der Waals surface area contributed by atoms with Gasteiger partial charge in [-0.1, -0.05) is 20.8 Å². The Kier molecular flexibility index (Phi) is 7.87. The summed E-state index contributed by atoms with van der Waals surface area (Å²) < 4.78 is 0. The first-order valence-electron chi connectivity index (χ1n) is 4.94. The Morgan fingerprint density at radius 2 is 1.73 bits per heavy atom. The number of nitrogens with two attached hydrogens (primary N) is 1. The fraction of sp³-hybridized carbons (Fsp3) is 0.800. The monoisotopic (exact) mass is 219 g/mol. The topological polar surface area (TPSA) is 101 Å². The number of hydrogen-bond acceptors (Lipinski definition) is 3. The predicted octanol–water partition coefficient (Wildman–Crippen LogP) is 1.32. The summed E-state index contributed by atoms with van der Waals surface area (Å²) in [6, 6.07) is 0. The summed E-state index contributed by atoms with van der Waals surface area (Å²) in [5, 5.41) is 16.5. The number of carboxylic acids is 2. The molecule has 0 aromatic heterocycles. The molecule has 0 aromatic rings. The van der Waals surface area contributed by atoms with Gasteiger partial charge in [0.1, 0.15) is 5.54 Å². The second kappa shape index (κ2) is 7.23. The average molecular weight is 219 g/mol. The predicted molar refractivity (Wildman–Crippen MR) is 57.6 cm³/mol. The van der Waals surface area contributed by atoms with Crippen LogP contribution in [0.4, 0.5) is 0 Å². The van der Waals surface area contributed by atoms with Gasteiger partial charge in [0.05, 0.1) is 5.92 Å². The van der Waals surface area contributed by atoms with E-state index in [2.05, 4.69) is 0 Å². The van der Waals surface area contributed by atoms with Crippen molar-refractivity contribution in [1.82, 2.24) is 0 Å². The summed E-state index contributed by atoms with van der Waals surface area (Å²) in [5.74, 6) is -1.83. The Morgan fingerprint density at radius 1 is 1.33 bits per heavy atom. The molecule has 0 radical (unpaired) electrons. The van der Waals surface area contributed by atoms with Crippen molar-refractivity contribution in [3.63, 3.8) is 0 Å². The molecule has 90 valence electrons. The van der Waals surface area contributed by atoms with Crippen molar-refractivity contribution in [2.45, 2.75) is 46.1 Å². The normalized spacial score (nSPS) is 15.5. The lowest BCUT2D eigenvalue weighted by Crippen LogP contribution is -2.43. The minimum Gasteiger partial charge on any atom is -0.481 e. The molecule has 2 unspecified atom stereocenters. The third kappa shape index (κ3) is 7.93. The van der Waals surface area contributed by atoms with Gasteiger partial charge in [-0.05, 0) is 19.8 Å². The Morgan fingerprint density at radius 3 is 1.73 bits per heavy atom. The molecule has 4 N–H and O–H groups in total. The summed E-state index contributed by atoms with van der Waals surface area (Å²) in [5.41, 5.74) is 4.22. The molecule has 0 aromatic carbocycles. The number of carbonyl (C=O) groups is 2. The fourth-order valence-electron chi connectivity index (χ4n) is 0.326. The maximum atomic E-state index is 10.1. The maximum Gasteiger partial charge on any atom is 0.323 e. The highest BCUT2D eigenvalue weighted by Crippen LogP contribution is 2.02. The van der Waals surface area contributed by atoms with Crippen LogP contribution in [0.25, 0.3) is 0 Å². The first kappa shape index (κ1) is 16.3. The van der Waals surface area contributed by atoms with Crippen LogP contribution < -0.4 is 5.73 Å². The van der Waals surface area contributed by atoms with E-state index >= 15 is 0 Å². The lowest BCUT2D eigenvalue weighted by molar-refractivity contribution is -0.143. The first-order valence-corrected chi connectivity index (χ1v) is 4.94. The van der Waals surface area contributed by atoms with Gasteiger partial charge in [-0.2, -0.15) is 0 Å². The van der Waals surface area contributed by atoms with E-state index in [1.165, 1.54) is 6.92 Å². The summed E-state index contributed by atoms with van der Waals surface area (Å²) in [7, 11) is 0. The van der Waals surface area contributed by atoms with Gasteiger partial charge in [0.25, 0.3) is 0 Å². The van der Waals surface area contributed by atoms with Crippen molar-refractivity contribution in [3.05, 3.63) is 0 Å². The highest BCUT2D eigenvalue weighted by Gasteiger charge is 2.24. The molecule has 0 fully saturated rings. The second-order valence-corrected chi connectivity index (χ2v) is 3.72. The van der Waals surface area contributed by atoms with E-state index < -0.39 is 17.5 Å². The summed E-state index contributed by atoms with van der Waals surface area (Å²) in [6.45, 7) is 6.80. The number of hydrogen-bond donors (Lipinski definition) is 3. The van der Waals surface area contributed by atoms with Crippen molar-refractivity contribution in [2.75, 3.05) is 0 Å². The molecule has 0 heterocycles. The van der Waals surface area contributed by atoms with Gasteiger partial charge in [-0.25, -0.2) is 0 Å². The SMILES string of the molecule is CCC(C)(N)C(=O)O.CCC(C)C(=O)O. The smallest absolute Gasteiger partial charge is 0.323 e. The third-order valence-corrected chi connectivity index (χ3v) is 2.26. The minimum absolute atomic E-state index is 0.181. The first-order chi connectivity index (χ1) is 6.68. The quantitative estimate of drug-likeness (QED) is 0.662. The zero-order valence-electron chi connectivity index (χ0n) is 9.78. The van der Waals surface area contributed by atoms with E-state index in [-0.39, 0.29) is 5.92 Å². The highest BCUT2D eigenvalue weighted by molar-refractivity contribution is 5.77. The molecule has 5 heteroatoms. The molecule has 15 heavy (non-hydrogen) atoms. The molecule has 0 spiro atoms. The van der Waals surface area contributed by atoms with Crippen LogP contribution >= 0.6 is 0 Å². The van der Waals surface area contributed by atoms with Gasteiger partial charge in [0, 0.05) is 0 Å². The van der Waals surface area contributed by atoms with E-state index in [4.69, 9.17) is 15.9 Å². The molecule has 0 amide bonds. The molecule has 0 bridgehead atoms. The minimum atomic E-state index is -1.04. The summed E-state index contributed by atoms with van der Waals surface area (Å²) in [4.78, 5) is 20.1. The Balaban J connectivity index is 0. The Hall–Kier alpha value is -1.10. The zero-order chi connectivity index (χ0) is 12.6. The van der Waals surface area contributed by atoms with Crippen molar-refractivity contribution < 1.29 is 19.8 Å². The second-order valence-electron chi connectivity index (χ2n) is 3.72. The molecule has 0 aliphatic rings. The van der Waals surface area contributed by atoms with Crippen molar-refractivity contribution in [2.24, 2.45) is 11.7 Å². The van der Waals surface area contributed by atoms with Gasteiger partial charge in [0.15, 0.2) is 0 Å². The molecular weight excluding hydrogens is 198 g/mol. The number of aliphatic carboxylic acids is 2. The largest absolute Gasteiger partial charge is 0.481 e. The number of rotatable bonds is 4. The number of carboxylic acid groups (broad SMARTS) is 2. The zero-order valence-corrected chi connectivity index (χ0v) is 9.78. The van der Waals surface area contributed by atoms with Crippen molar-refractivity contribution in [3.8, 4) is 0 Å². The summed E-state index contributed by atoms with van der Waals surface area (Å²) in [6.07, 6.45) is 1.18. The lowest BCUT2D eigenvalue weighted by atomic mass is 10.0. The maximum absolute atomic E-state index is 10.1. The molecule has 2 atom stereocenters. The van der Waals surface area contributed by atoms with Crippen LogP contribution in [-0.4, -0.2) is 27.7 Å². The van der Waals surface area contributed by atoms with Gasteiger partial charge in [0.2, 0.25) is 0 Å². The van der Waals surface area contributed by atoms with E-state index in [0.717, 1.165) is 6.42 Å². The fourth-order valence-corrected chi connectivity index (χ4v) is 0.326. The third-order valence-electron chi connectivity index (χ3n) is 2.26. The molecule has 0 saturated heterocycles. The summed E-state index contributed by atoms with van der Waals surface area (Å²) >= 11 is 0. The van der Waals surface area contributed by atoms with Crippen LogP contribution in [0.2, 0.25) is 0 Å². The van der Waals surface area contributed by atoms with Crippen molar-refractivity contribution >= 4 is 11.9 Å². The molecule has 0 rings (SSSR count). The molecule has 0 aliphatic heterocycles. The molecular formula is C10H21NO4. The Labute approximate surface area is 90.3 Å². The van der Waals surface area contributed by atoms with Crippen LogP contribution in [0, 0.1) is 5.92 Å².